The number of ether oxygens (including phenoxy) is 1. The third kappa shape index (κ3) is 12.1. The van der Waals surface area contributed by atoms with E-state index in [0.717, 1.165) is 43.2 Å². The van der Waals surface area contributed by atoms with E-state index in [2.05, 4.69) is 24.1 Å². The van der Waals surface area contributed by atoms with Crippen LogP contribution in [-0.4, -0.2) is 41.0 Å². The largest absolute Gasteiger partial charge is 0.444 e. The number of carbonyl (C=O) groups is 3. The molecule has 2 N–H and O–H groups in total. The number of unbranched alkanes of at least 4 members (excludes halogenated alkanes) is 4. The van der Waals surface area contributed by atoms with Crippen LogP contribution in [0.15, 0.2) is 61.2 Å². The highest BCUT2D eigenvalue weighted by molar-refractivity contribution is 5.92. The Morgan fingerprint density at radius 3 is 2.29 bits per heavy atom. The summed E-state index contributed by atoms with van der Waals surface area (Å²) in [7, 11) is 0. The van der Waals surface area contributed by atoms with Gasteiger partial charge < -0.3 is 20.3 Å². The Bertz CT molecular complexity index is 1140. The van der Waals surface area contributed by atoms with E-state index in [1.54, 1.807) is 31.7 Å². The standard InChI is InChI=1S/C35H51N3O4/c1-8-10-11-12-16-22-38(33(40)30(23-26(3)4)37-34(41)42-35(5,6)7)31(29-21-17-20-27(9-2)24-29)32(39)36-25-28-18-14-13-15-19-28/h9,13-15,17-21,24,26,30-31H,2,8,10-12,16,22-23,25H2,1,3-7H3,(H,36,39)(H,37,41). The molecular weight excluding hydrogens is 526 g/mol. The molecule has 7 nitrogen and oxygen atoms in total. The monoisotopic (exact) mass is 577 g/mol. The summed E-state index contributed by atoms with van der Waals surface area (Å²) in [5, 5.41) is 5.88. The van der Waals surface area contributed by atoms with Crippen LogP contribution in [-0.2, 0) is 20.9 Å². The van der Waals surface area contributed by atoms with Gasteiger partial charge in [0.2, 0.25) is 11.8 Å². The minimum Gasteiger partial charge on any atom is -0.444 e. The van der Waals surface area contributed by atoms with Crippen molar-refractivity contribution in [2.24, 2.45) is 5.92 Å². The van der Waals surface area contributed by atoms with E-state index in [0.29, 0.717) is 25.1 Å². The molecule has 0 radical (unpaired) electrons. The molecule has 0 aliphatic heterocycles. The average Bonchev–Trinajstić information content (AvgIpc) is 2.94. The summed E-state index contributed by atoms with van der Waals surface area (Å²) >= 11 is 0. The third-order valence-electron chi connectivity index (χ3n) is 6.81. The van der Waals surface area contributed by atoms with Gasteiger partial charge in [-0.2, -0.15) is 0 Å². The van der Waals surface area contributed by atoms with Gasteiger partial charge in [0.25, 0.3) is 0 Å². The molecule has 0 aliphatic carbocycles. The molecule has 0 spiro atoms. The van der Waals surface area contributed by atoms with Gasteiger partial charge in [0.15, 0.2) is 0 Å². The summed E-state index contributed by atoms with van der Waals surface area (Å²) in [6, 6.07) is 15.5. The smallest absolute Gasteiger partial charge is 0.408 e. The lowest BCUT2D eigenvalue weighted by atomic mass is 9.97. The Morgan fingerprint density at radius 2 is 1.67 bits per heavy atom. The maximum absolute atomic E-state index is 14.4. The Labute approximate surface area is 253 Å². The highest BCUT2D eigenvalue weighted by atomic mass is 16.6. The molecule has 7 heteroatoms. The summed E-state index contributed by atoms with van der Waals surface area (Å²) in [5.41, 5.74) is 1.81. The van der Waals surface area contributed by atoms with E-state index >= 15 is 0 Å². The molecule has 0 saturated carbocycles. The molecule has 2 aromatic carbocycles. The molecule has 0 aliphatic rings. The Balaban J connectivity index is 2.50. The van der Waals surface area contributed by atoms with Crippen molar-refractivity contribution in [1.29, 1.82) is 0 Å². The number of hydrogen-bond donors (Lipinski definition) is 2. The van der Waals surface area contributed by atoms with Crippen LogP contribution in [0.4, 0.5) is 4.79 Å². The quantitative estimate of drug-likeness (QED) is 0.203. The van der Waals surface area contributed by atoms with Gasteiger partial charge in [-0.1, -0.05) is 108 Å². The topological polar surface area (TPSA) is 87.7 Å². The van der Waals surface area contributed by atoms with Crippen molar-refractivity contribution in [2.45, 2.75) is 104 Å². The van der Waals surface area contributed by atoms with Crippen LogP contribution in [0.1, 0.15) is 103 Å². The van der Waals surface area contributed by atoms with E-state index in [1.165, 1.54) is 0 Å². The molecule has 0 aromatic heterocycles. The van der Waals surface area contributed by atoms with Crippen LogP contribution < -0.4 is 10.6 Å². The molecule has 0 bridgehead atoms. The predicted molar refractivity (Wildman–Crippen MR) is 171 cm³/mol. The number of amides is 3. The number of carbonyl (C=O) groups excluding carboxylic acids is 3. The SMILES string of the molecule is C=Cc1cccc(C(C(=O)NCc2ccccc2)N(CCCCCCC)C(=O)C(CC(C)C)NC(=O)OC(C)(C)C)c1. The second-order valence-corrected chi connectivity index (χ2v) is 12.3. The van der Waals surface area contributed by atoms with Crippen molar-refractivity contribution in [2.75, 3.05) is 6.54 Å². The Hall–Kier alpha value is -3.61. The lowest BCUT2D eigenvalue weighted by molar-refractivity contribution is -0.143. The molecular formula is C35H51N3O4. The number of nitrogens with one attached hydrogen (secondary N) is 2. The van der Waals surface area contributed by atoms with Crippen molar-refractivity contribution in [3.05, 3.63) is 77.9 Å². The molecule has 2 aromatic rings. The number of nitrogens with zero attached hydrogens (tertiary/aromatic N) is 1. The van der Waals surface area contributed by atoms with Crippen LogP contribution in [0, 0.1) is 5.92 Å². The lowest BCUT2D eigenvalue weighted by Gasteiger charge is -2.35. The average molecular weight is 578 g/mol. The van der Waals surface area contributed by atoms with Crippen LogP contribution in [0.25, 0.3) is 6.08 Å². The second kappa shape index (κ2) is 17.4. The maximum Gasteiger partial charge on any atom is 0.408 e. The highest BCUT2D eigenvalue weighted by Gasteiger charge is 2.36. The molecule has 0 fully saturated rings. The van der Waals surface area contributed by atoms with Gasteiger partial charge in [-0.25, -0.2) is 4.79 Å². The van der Waals surface area contributed by atoms with Crippen LogP contribution >= 0.6 is 0 Å². The molecule has 42 heavy (non-hydrogen) atoms. The third-order valence-corrected chi connectivity index (χ3v) is 6.81. The molecule has 2 atom stereocenters. The summed E-state index contributed by atoms with van der Waals surface area (Å²) in [6.07, 6.45) is 6.46. The van der Waals surface area contributed by atoms with E-state index in [4.69, 9.17) is 4.74 Å². The van der Waals surface area contributed by atoms with Gasteiger partial charge in [-0.15, -0.1) is 0 Å². The van der Waals surface area contributed by atoms with E-state index in [1.807, 2.05) is 68.4 Å². The van der Waals surface area contributed by atoms with E-state index in [-0.39, 0.29) is 17.7 Å². The van der Waals surface area contributed by atoms with Gasteiger partial charge in [0, 0.05) is 13.1 Å². The number of alkyl carbamates (subject to hydrolysis) is 1. The van der Waals surface area contributed by atoms with Crippen molar-refractivity contribution >= 4 is 24.0 Å². The maximum atomic E-state index is 14.4. The fourth-order valence-electron chi connectivity index (χ4n) is 4.81. The zero-order chi connectivity index (χ0) is 31.1. The first-order valence-electron chi connectivity index (χ1n) is 15.3. The Kier molecular flexibility index (Phi) is 14.3. The molecule has 2 unspecified atom stereocenters. The minimum absolute atomic E-state index is 0.120. The number of benzene rings is 2. The fraction of sp³-hybridized carbons (Fsp3) is 0.514. The summed E-state index contributed by atoms with van der Waals surface area (Å²) < 4.78 is 5.50. The van der Waals surface area contributed by atoms with Crippen LogP contribution in [0.2, 0.25) is 0 Å². The van der Waals surface area contributed by atoms with Crippen molar-refractivity contribution in [3.63, 3.8) is 0 Å². The molecule has 3 amide bonds. The first-order chi connectivity index (χ1) is 19.9. The molecule has 2 rings (SSSR count). The van der Waals surface area contributed by atoms with E-state index < -0.39 is 23.8 Å². The van der Waals surface area contributed by atoms with Crippen molar-refractivity contribution in [3.8, 4) is 0 Å². The highest BCUT2D eigenvalue weighted by Crippen LogP contribution is 2.26. The summed E-state index contributed by atoms with van der Waals surface area (Å²) in [6.45, 7) is 16.1. The number of hydrogen-bond acceptors (Lipinski definition) is 4. The minimum atomic E-state index is -0.887. The number of rotatable bonds is 16. The van der Waals surface area contributed by atoms with Gasteiger partial charge >= 0.3 is 6.09 Å². The van der Waals surface area contributed by atoms with E-state index in [9.17, 15) is 14.4 Å². The summed E-state index contributed by atoms with van der Waals surface area (Å²) in [4.78, 5) is 42.9. The first-order valence-corrected chi connectivity index (χ1v) is 15.3. The first kappa shape index (κ1) is 34.6. The van der Waals surface area contributed by atoms with Gasteiger partial charge in [0.1, 0.15) is 17.7 Å². The van der Waals surface area contributed by atoms with Gasteiger partial charge in [-0.05, 0) is 62.3 Å². The lowest BCUT2D eigenvalue weighted by Crippen LogP contribution is -2.53. The predicted octanol–water partition coefficient (Wildman–Crippen LogP) is 7.43. The molecule has 0 saturated heterocycles. The molecule has 230 valence electrons. The van der Waals surface area contributed by atoms with Crippen molar-refractivity contribution in [1.82, 2.24) is 15.5 Å². The van der Waals surface area contributed by atoms with Gasteiger partial charge in [0.05, 0.1) is 0 Å². The Morgan fingerprint density at radius 1 is 0.976 bits per heavy atom. The molecule has 0 heterocycles. The summed E-state index contributed by atoms with van der Waals surface area (Å²) in [5.74, 6) is -0.453. The zero-order valence-electron chi connectivity index (χ0n) is 26.4. The fourth-order valence-corrected chi connectivity index (χ4v) is 4.81. The normalized spacial score (nSPS) is 12.7. The van der Waals surface area contributed by atoms with Gasteiger partial charge in [-0.3, -0.25) is 9.59 Å². The zero-order valence-corrected chi connectivity index (χ0v) is 26.4. The van der Waals surface area contributed by atoms with Crippen LogP contribution in [0.5, 0.6) is 0 Å². The van der Waals surface area contributed by atoms with Crippen molar-refractivity contribution < 1.29 is 19.1 Å². The van der Waals surface area contributed by atoms with Crippen LogP contribution in [0.3, 0.4) is 0 Å². The second-order valence-electron chi connectivity index (χ2n) is 12.3.